The average molecular weight is 328 g/mol. The SMILES string of the molecule is COc1cc(C(N)CC2CCCC2)c(OC)cc1Br. The minimum Gasteiger partial charge on any atom is -0.496 e. The molecule has 0 aromatic heterocycles. The summed E-state index contributed by atoms with van der Waals surface area (Å²) in [6.45, 7) is 0. The minimum absolute atomic E-state index is 0.0139. The molecule has 0 aliphatic heterocycles. The van der Waals surface area contributed by atoms with Gasteiger partial charge in [-0.2, -0.15) is 0 Å². The van der Waals surface area contributed by atoms with Gasteiger partial charge >= 0.3 is 0 Å². The summed E-state index contributed by atoms with van der Waals surface area (Å²) in [5, 5.41) is 0. The Labute approximate surface area is 123 Å². The van der Waals surface area contributed by atoms with Crippen molar-refractivity contribution in [2.24, 2.45) is 11.7 Å². The normalized spacial score (nSPS) is 17.5. The second-order valence-corrected chi connectivity index (χ2v) is 6.08. The number of hydrogen-bond donors (Lipinski definition) is 1. The fourth-order valence-electron chi connectivity index (χ4n) is 2.91. The summed E-state index contributed by atoms with van der Waals surface area (Å²) < 4.78 is 11.7. The van der Waals surface area contributed by atoms with Gasteiger partial charge in [-0.05, 0) is 40.4 Å². The van der Waals surface area contributed by atoms with Crippen molar-refractivity contribution in [3.63, 3.8) is 0 Å². The van der Waals surface area contributed by atoms with Gasteiger partial charge in [0.25, 0.3) is 0 Å². The molecule has 1 aliphatic rings. The molecule has 0 saturated heterocycles. The first-order valence-electron chi connectivity index (χ1n) is 6.82. The van der Waals surface area contributed by atoms with Crippen LogP contribution in [0.15, 0.2) is 16.6 Å². The van der Waals surface area contributed by atoms with E-state index in [1.165, 1.54) is 25.7 Å². The largest absolute Gasteiger partial charge is 0.496 e. The van der Waals surface area contributed by atoms with E-state index in [0.29, 0.717) is 0 Å². The lowest BCUT2D eigenvalue weighted by Gasteiger charge is -2.20. The molecule has 4 heteroatoms. The average Bonchev–Trinajstić information content (AvgIpc) is 2.91. The second kappa shape index (κ2) is 6.62. The summed E-state index contributed by atoms with van der Waals surface area (Å²) in [5.74, 6) is 2.39. The van der Waals surface area contributed by atoms with Crippen molar-refractivity contribution < 1.29 is 9.47 Å². The van der Waals surface area contributed by atoms with Crippen LogP contribution in [0, 0.1) is 5.92 Å². The van der Waals surface area contributed by atoms with E-state index in [2.05, 4.69) is 15.9 Å². The van der Waals surface area contributed by atoms with E-state index in [0.717, 1.165) is 33.9 Å². The van der Waals surface area contributed by atoms with Crippen molar-refractivity contribution in [1.82, 2.24) is 0 Å². The number of rotatable bonds is 5. The van der Waals surface area contributed by atoms with Gasteiger partial charge in [-0.25, -0.2) is 0 Å². The van der Waals surface area contributed by atoms with E-state index in [1.807, 2.05) is 12.1 Å². The molecular weight excluding hydrogens is 306 g/mol. The van der Waals surface area contributed by atoms with Crippen LogP contribution >= 0.6 is 15.9 Å². The highest BCUT2D eigenvalue weighted by molar-refractivity contribution is 9.10. The van der Waals surface area contributed by atoms with Crippen molar-refractivity contribution in [2.45, 2.75) is 38.1 Å². The fraction of sp³-hybridized carbons (Fsp3) is 0.600. The predicted octanol–water partition coefficient (Wildman–Crippen LogP) is 4.05. The minimum atomic E-state index is 0.0139. The third-order valence-corrected chi connectivity index (χ3v) is 4.59. The Morgan fingerprint density at radius 1 is 1.21 bits per heavy atom. The van der Waals surface area contributed by atoms with E-state index < -0.39 is 0 Å². The first kappa shape index (κ1) is 14.7. The first-order valence-corrected chi connectivity index (χ1v) is 7.62. The van der Waals surface area contributed by atoms with Crippen LogP contribution in [0.25, 0.3) is 0 Å². The number of ether oxygens (including phenoxy) is 2. The molecule has 3 nitrogen and oxygen atoms in total. The maximum Gasteiger partial charge on any atom is 0.133 e. The Hall–Kier alpha value is -0.740. The van der Waals surface area contributed by atoms with Gasteiger partial charge in [0.05, 0.1) is 18.7 Å². The number of benzene rings is 1. The third kappa shape index (κ3) is 3.42. The summed E-state index contributed by atoms with van der Waals surface area (Å²) in [5.41, 5.74) is 7.41. The Bertz CT molecular complexity index is 430. The Morgan fingerprint density at radius 3 is 2.42 bits per heavy atom. The summed E-state index contributed by atoms with van der Waals surface area (Å²) in [4.78, 5) is 0. The lowest BCUT2D eigenvalue weighted by atomic mass is 9.93. The molecule has 1 aromatic rings. The number of nitrogens with two attached hydrogens (primary N) is 1. The predicted molar refractivity (Wildman–Crippen MR) is 80.7 cm³/mol. The monoisotopic (exact) mass is 327 g/mol. The van der Waals surface area contributed by atoms with Crippen molar-refractivity contribution in [3.05, 3.63) is 22.2 Å². The van der Waals surface area contributed by atoms with Crippen molar-refractivity contribution in [2.75, 3.05) is 14.2 Å². The van der Waals surface area contributed by atoms with Gasteiger partial charge in [0, 0.05) is 11.6 Å². The molecule has 106 valence electrons. The molecular formula is C15H22BrNO2. The molecule has 0 bridgehead atoms. The van der Waals surface area contributed by atoms with Gasteiger partial charge in [0.1, 0.15) is 11.5 Å². The van der Waals surface area contributed by atoms with Crippen molar-refractivity contribution in [3.8, 4) is 11.5 Å². The van der Waals surface area contributed by atoms with E-state index in [-0.39, 0.29) is 6.04 Å². The third-order valence-electron chi connectivity index (χ3n) is 3.97. The molecule has 1 atom stereocenters. The number of methoxy groups -OCH3 is 2. The fourth-order valence-corrected chi connectivity index (χ4v) is 3.39. The molecule has 2 rings (SSSR count). The summed E-state index contributed by atoms with van der Waals surface area (Å²) >= 11 is 3.47. The van der Waals surface area contributed by atoms with Crippen LogP contribution in [0.5, 0.6) is 11.5 Å². The van der Waals surface area contributed by atoms with Crippen LogP contribution in [0.2, 0.25) is 0 Å². The molecule has 0 spiro atoms. The van der Waals surface area contributed by atoms with Gasteiger partial charge in [-0.3, -0.25) is 0 Å². The zero-order valence-corrected chi connectivity index (χ0v) is 13.2. The van der Waals surface area contributed by atoms with Crippen LogP contribution in [0.1, 0.15) is 43.7 Å². The first-order chi connectivity index (χ1) is 9.15. The maximum atomic E-state index is 6.37. The van der Waals surface area contributed by atoms with Crippen LogP contribution in [-0.4, -0.2) is 14.2 Å². The summed E-state index contributed by atoms with van der Waals surface area (Å²) in [6, 6.07) is 3.94. The van der Waals surface area contributed by atoms with E-state index in [4.69, 9.17) is 15.2 Å². The molecule has 1 saturated carbocycles. The van der Waals surface area contributed by atoms with E-state index in [1.54, 1.807) is 14.2 Å². The summed E-state index contributed by atoms with van der Waals surface area (Å²) in [7, 11) is 3.35. The second-order valence-electron chi connectivity index (χ2n) is 5.22. The summed E-state index contributed by atoms with van der Waals surface area (Å²) in [6.07, 6.45) is 6.34. The quantitative estimate of drug-likeness (QED) is 0.887. The Balaban J connectivity index is 2.20. The smallest absolute Gasteiger partial charge is 0.133 e. The molecule has 1 fully saturated rings. The maximum absolute atomic E-state index is 6.37. The van der Waals surface area contributed by atoms with Crippen LogP contribution in [-0.2, 0) is 0 Å². The molecule has 1 aliphatic carbocycles. The number of hydrogen-bond acceptors (Lipinski definition) is 3. The molecule has 1 aromatic carbocycles. The van der Waals surface area contributed by atoms with Gasteiger partial charge in [0.15, 0.2) is 0 Å². The molecule has 0 heterocycles. The Kier molecular flexibility index (Phi) is 5.11. The Morgan fingerprint density at radius 2 is 1.84 bits per heavy atom. The van der Waals surface area contributed by atoms with Crippen LogP contribution < -0.4 is 15.2 Å². The molecule has 1 unspecified atom stereocenters. The lowest BCUT2D eigenvalue weighted by Crippen LogP contribution is -2.15. The van der Waals surface area contributed by atoms with Gasteiger partial charge in [0.2, 0.25) is 0 Å². The lowest BCUT2D eigenvalue weighted by molar-refractivity contribution is 0.383. The van der Waals surface area contributed by atoms with Crippen molar-refractivity contribution >= 4 is 15.9 Å². The zero-order valence-electron chi connectivity index (χ0n) is 11.6. The molecule has 19 heavy (non-hydrogen) atoms. The van der Waals surface area contributed by atoms with Crippen LogP contribution in [0.3, 0.4) is 0 Å². The highest BCUT2D eigenvalue weighted by Gasteiger charge is 2.22. The standard InChI is InChI=1S/C15H22BrNO2/c1-18-14-9-12(16)15(19-2)8-11(14)13(17)7-10-5-3-4-6-10/h8-10,13H,3-7,17H2,1-2H3. The van der Waals surface area contributed by atoms with Crippen molar-refractivity contribution in [1.29, 1.82) is 0 Å². The van der Waals surface area contributed by atoms with Gasteiger partial charge < -0.3 is 15.2 Å². The topological polar surface area (TPSA) is 44.5 Å². The highest BCUT2D eigenvalue weighted by atomic mass is 79.9. The number of halogens is 1. The van der Waals surface area contributed by atoms with E-state index in [9.17, 15) is 0 Å². The molecule has 0 amide bonds. The van der Waals surface area contributed by atoms with Gasteiger partial charge in [-0.1, -0.05) is 25.7 Å². The van der Waals surface area contributed by atoms with Gasteiger partial charge in [-0.15, -0.1) is 0 Å². The highest BCUT2D eigenvalue weighted by Crippen LogP contribution is 2.39. The molecule has 0 radical (unpaired) electrons. The van der Waals surface area contributed by atoms with E-state index >= 15 is 0 Å². The molecule has 2 N–H and O–H groups in total. The zero-order chi connectivity index (χ0) is 13.8. The van der Waals surface area contributed by atoms with Crippen LogP contribution in [0.4, 0.5) is 0 Å².